The largest absolute Gasteiger partial charge is 0.378 e. The maximum absolute atomic E-state index is 12.5. The van der Waals surface area contributed by atoms with Crippen LogP contribution in [0.15, 0.2) is 58.7 Å². The molecule has 29 heavy (non-hydrogen) atoms. The van der Waals surface area contributed by atoms with Gasteiger partial charge in [0.1, 0.15) is 5.25 Å². The lowest BCUT2D eigenvalue weighted by Gasteiger charge is -2.21. The van der Waals surface area contributed by atoms with Gasteiger partial charge in [-0.25, -0.2) is 0 Å². The van der Waals surface area contributed by atoms with Crippen LogP contribution in [0, 0.1) is 0 Å². The van der Waals surface area contributed by atoms with Crippen LogP contribution in [0.4, 0.5) is 11.4 Å². The molecule has 1 fully saturated rings. The van der Waals surface area contributed by atoms with Crippen LogP contribution >= 0.6 is 23.4 Å². The van der Waals surface area contributed by atoms with Crippen molar-refractivity contribution in [3.05, 3.63) is 59.1 Å². The number of hydrogen-bond acceptors (Lipinski definition) is 6. The van der Waals surface area contributed by atoms with Crippen molar-refractivity contribution in [2.24, 2.45) is 10.2 Å². The number of anilines is 2. The number of benzene rings is 2. The number of amidine groups is 1. The maximum atomic E-state index is 12.5. The Morgan fingerprint density at radius 3 is 2.66 bits per heavy atom. The van der Waals surface area contributed by atoms with Crippen LogP contribution in [0.5, 0.6) is 0 Å². The number of carbonyl (C=O) groups excluding carboxylic acids is 2. The number of hydrogen-bond donors (Lipinski definition) is 2. The van der Waals surface area contributed by atoms with E-state index in [0.29, 0.717) is 10.7 Å². The van der Waals surface area contributed by atoms with Gasteiger partial charge in [0.25, 0.3) is 0 Å². The molecule has 2 N–H and O–H groups in total. The van der Waals surface area contributed by atoms with Crippen molar-refractivity contribution in [3.63, 3.8) is 0 Å². The number of halogens is 1. The predicted octanol–water partition coefficient (Wildman–Crippen LogP) is 3.36. The van der Waals surface area contributed by atoms with Gasteiger partial charge in [-0.05, 0) is 29.8 Å². The molecule has 7 nitrogen and oxygen atoms in total. The van der Waals surface area contributed by atoms with Gasteiger partial charge in [0, 0.05) is 26.2 Å². The van der Waals surface area contributed by atoms with Gasteiger partial charge >= 0.3 is 0 Å². The highest BCUT2D eigenvalue weighted by Gasteiger charge is 2.30. The number of para-hydroxylation sites is 1. The van der Waals surface area contributed by atoms with E-state index in [1.54, 1.807) is 30.5 Å². The Balaban J connectivity index is 1.64. The molecule has 0 radical (unpaired) electrons. The monoisotopic (exact) mass is 429 g/mol. The van der Waals surface area contributed by atoms with Gasteiger partial charge in [0.15, 0.2) is 5.17 Å². The first-order valence-electron chi connectivity index (χ1n) is 8.82. The Morgan fingerprint density at radius 2 is 1.97 bits per heavy atom. The highest BCUT2D eigenvalue weighted by Crippen LogP contribution is 2.25. The third-order valence-corrected chi connectivity index (χ3v) is 5.46. The molecule has 2 amide bonds. The molecule has 3 rings (SSSR count). The Morgan fingerprint density at radius 1 is 1.24 bits per heavy atom. The Bertz CT molecular complexity index is 960. The molecule has 0 spiro atoms. The normalized spacial score (nSPS) is 18.0. The second-order valence-electron chi connectivity index (χ2n) is 6.46. The van der Waals surface area contributed by atoms with E-state index in [4.69, 9.17) is 11.6 Å². The minimum atomic E-state index is -0.617. The zero-order valence-electron chi connectivity index (χ0n) is 15.9. The van der Waals surface area contributed by atoms with Crippen LogP contribution in [0.2, 0.25) is 5.02 Å². The molecule has 0 saturated carbocycles. The molecule has 1 atom stereocenters. The number of thioether (sulfide) groups is 1. The summed E-state index contributed by atoms with van der Waals surface area (Å²) < 4.78 is 0. The molecule has 1 aliphatic rings. The van der Waals surface area contributed by atoms with Gasteiger partial charge in [-0.2, -0.15) is 5.10 Å². The molecule has 2 aromatic carbocycles. The molecule has 150 valence electrons. The van der Waals surface area contributed by atoms with Crippen molar-refractivity contribution in [2.75, 3.05) is 24.3 Å². The first kappa shape index (κ1) is 20.9. The minimum absolute atomic E-state index is 0.0513. The van der Waals surface area contributed by atoms with Crippen molar-refractivity contribution in [1.82, 2.24) is 5.32 Å². The topological polar surface area (TPSA) is 86.2 Å². The summed E-state index contributed by atoms with van der Waals surface area (Å²) in [6, 6.07) is 14.7. The fraction of sp³-hybridized carbons (Fsp3) is 0.200. The van der Waals surface area contributed by atoms with E-state index in [1.165, 1.54) is 0 Å². The molecule has 2 aromatic rings. The summed E-state index contributed by atoms with van der Waals surface area (Å²) in [6.07, 6.45) is 1.64. The number of amides is 2. The standard InChI is InChI=1S/C20H20ClN5O2S/c1-26(2)14-9-7-13(8-10-14)12-22-25-20-24-18(27)11-17(29-20)19(28)23-16-6-4-3-5-15(16)21/h3-10,12,17H,11H2,1-2H3,(H,23,28)(H,24,25,27)/t17-/m1/s1. The molecule has 9 heteroatoms. The summed E-state index contributed by atoms with van der Waals surface area (Å²) in [6.45, 7) is 0. The van der Waals surface area contributed by atoms with Gasteiger partial charge in [0.2, 0.25) is 11.8 Å². The zero-order valence-corrected chi connectivity index (χ0v) is 17.5. The fourth-order valence-electron chi connectivity index (χ4n) is 2.52. The second kappa shape index (κ2) is 9.58. The second-order valence-corrected chi connectivity index (χ2v) is 8.06. The smallest absolute Gasteiger partial charge is 0.238 e. The summed E-state index contributed by atoms with van der Waals surface area (Å²) in [5.41, 5.74) is 2.46. The van der Waals surface area contributed by atoms with Crippen LogP contribution in [0.1, 0.15) is 12.0 Å². The van der Waals surface area contributed by atoms with Crippen LogP contribution in [0.3, 0.4) is 0 Å². The van der Waals surface area contributed by atoms with Gasteiger partial charge in [-0.1, -0.05) is 47.6 Å². The van der Waals surface area contributed by atoms with E-state index in [0.717, 1.165) is 23.0 Å². The zero-order chi connectivity index (χ0) is 20.8. The fourth-order valence-corrected chi connectivity index (χ4v) is 3.64. The summed E-state index contributed by atoms with van der Waals surface area (Å²) >= 11 is 7.22. The van der Waals surface area contributed by atoms with Crippen LogP contribution in [-0.4, -0.2) is 42.5 Å². The highest BCUT2D eigenvalue weighted by molar-refractivity contribution is 8.15. The van der Waals surface area contributed by atoms with Crippen LogP contribution in [-0.2, 0) is 9.59 Å². The van der Waals surface area contributed by atoms with E-state index >= 15 is 0 Å². The summed E-state index contributed by atoms with van der Waals surface area (Å²) in [5, 5.41) is 13.6. The van der Waals surface area contributed by atoms with Crippen molar-refractivity contribution in [3.8, 4) is 0 Å². The number of carbonyl (C=O) groups is 2. The molecule has 0 bridgehead atoms. The lowest BCUT2D eigenvalue weighted by atomic mass is 10.2. The van der Waals surface area contributed by atoms with E-state index < -0.39 is 5.25 Å². The molecule has 1 aliphatic heterocycles. The van der Waals surface area contributed by atoms with E-state index in [-0.39, 0.29) is 23.4 Å². The summed E-state index contributed by atoms with van der Waals surface area (Å²) in [5.74, 6) is -0.596. The summed E-state index contributed by atoms with van der Waals surface area (Å²) in [7, 11) is 3.94. The minimum Gasteiger partial charge on any atom is -0.378 e. The molecule has 1 saturated heterocycles. The number of nitrogens with one attached hydrogen (secondary N) is 2. The van der Waals surface area contributed by atoms with E-state index in [1.807, 2.05) is 43.3 Å². The molecular formula is C20H20ClN5O2S. The van der Waals surface area contributed by atoms with Gasteiger partial charge in [-0.3, -0.25) is 9.59 Å². The molecule has 0 aromatic heterocycles. The molecule has 0 unspecified atom stereocenters. The lowest BCUT2D eigenvalue weighted by molar-refractivity contribution is -0.123. The summed E-state index contributed by atoms with van der Waals surface area (Å²) in [4.78, 5) is 26.5. The average molecular weight is 430 g/mol. The first-order valence-corrected chi connectivity index (χ1v) is 10.1. The predicted molar refractivity (Wildman–Crippen MR) is 120 cm³/mol. The maximum Gasteiger partial charge on any atom is 0.238 e. The number of nitrogens with zero attached hydrogens (tertiary/aromatic N) is 3. The van der Waals surface area contributed by atoms with Gasteiger partial charge in [0.05, 0.1) is 16.9 Å². The van der Waals surface area contributed by atoms with Crippen molar-refractivity contribution in [2.45, 2.75) is 11.7 Å². The van der Waals surface area contributed by atoms with Gasteiger partial charge < -0.3 is 15.5 Å². The third kappa shape index (κ3) is 5.82. The SMILES string of the molecule is CN(C)c1ccc(C=N/N=C2\NC(=O)C[C@H](C(=O)Nc3ccccc3Cl)S2)cc1. The molecular weight excluding hydrogens is 410 g/mol. The molecule has 1 heterocycles. The Hall–Kier alpha value is -2.84. The number of rotatable bonds is 5. The first-order chi connectivity index (χ1) is 13.9. The van der Waals surface area contributed by atoms with Crippen LogP contribution < -0.4 is 15.5 Å². The van der Waals surface area contributed by atoms with Crippen molar-refractivity contribution < 1.29 is 9.59 Å². The Kier molecular flexibility index (Phi) is 6.90. The van der Waals surface area contributed by atoms with E-state index in [2.05, 4.69) is 20.8 Å². The molecule has 0 aliphatic carbocycles. The average Bonchev–Trinajstić information content (AvgIpc) is 2.69. The van der Waals surface area contributed by atoms with Gasteiger partial charge in [-0.15, -0.1) is 5.10 Å². The quantitative estimate of drug-likeness (QED) is 0.563. The van der Waals surface area contributed by atoms with Crippen molar-refractivity contribution in [1.29, 1.82) is 0 Å². The van der Waals surface area contributed by atoms with E-state index in [9.17, 15) is 9.59 Å². The highest BCUT2D eigenvalue weighted by atomic mass is 35.5. The third-order valence-electron chi connectivity index (χ3n) is 4.06. The van der Waals surface area contributed by atoms with Crippen LogP contribution in [0.25, 0.3) is 0 Å². The van der Waals surface area contributed by atoms with Crippen molar-refractivity contribution >= 4 is 57.9 Å². The lowest BCUT2D eigenvalue weighted by Crippen LogP contribution is -2.41. The Labute approximate surface area is 178 Å².